The van der Waals surface area contributed by atoms with Crippen LogP contribution in [0, 0.1) is 16.0 Å². The van der Waals surface area contributed by atoms with Crippen molar-refractivity contribution in [2.45, 2.75) is 31.9 Å². The van der Waals surface area contributed by atoms with E-state index >= 15 is 0 Å². The van der Waals surface area contributed by atoms with Gasteiger partial charge in [-0.3, -0.25) is 10.1 Å². The number of hydrogen-bond acceptors (Lipinski definition) is 5. The van der Waals surface area contributed by atoms with E-state index in [9.17, 15) is 10.1 Å². The molecule has 0 fully saturated rings. The lowest BCUT2D eigenvalue weighted by Gasteiger charge is -2.37. The van der Waals surface area contributed by atoms with Crippen molar-refractivity contribution in [1.29, 1.82) is 0 Å². The summed E-state index contributed by atoms with van der Waals surface area (Å²) in [5.41, 5.74) is 4.12. The second-order valence-electron chi connectivity index (χ2n) is 8.56. The van der Waals surface area contributed by atoms with Gasteiger partial charge in [-0.05, 0) is 66.3 Å². The fourth-order valence-electron chi connectivity index (χ4n) is 4.92. The van der Waals surface area contributed by atoms with Gasteiger partial charge >= 0.3 is 0 Å². The van der Waals surface area contributed by atoms with E-state index in [4.69, 9.17) is 21.1 Å². The van der Waals surface area contributed by atoms with Crippen LogP contribution >= 0.6 is 11.6 Å². The van der Waals surface area contributed by atoms with Crippen LogP contribution in [0.1, 0.15) is 42.0 Å². The van der Waals surface area contributed by atoms with Crippen LogP contribution in [0.5, 0.6) is 11.5 Å². The molecule has 174 valence electrons. The van der Waals surface area contributed by atoms with Crippen molar-refractivity contribution in [2.24, 2.45) is 5.92 Å². The van der Waals surface area contributed by atoms with Gasteiger partial charge < -0.3 is 14.8 Å². The summed E-state index contributed by atoms with van der Waals surface area (Å²) >= 11 is 6.09. The summed E-state index contributed by atoms with van der Waals surface area (Å²) in [5.74, 6) is 1.77. The smallest absolute Gasteiger partial charge is 0.269 e. The Morgan fingerprint density at radius 3 is 2.76 bits per heavy atom. The molecule has 2 aliphatic rings. The van der Waals surface area contributed by atoms with Crippen molar-refractivity contribution in [3.63, 3.8) is 0 Å². The van der Waals surface area contributed by atoms with Gasteiger partial charge in [-0.2, -0.15) is 0 Å². The summed E-state index contributed by atoms with van der Waals surface area (Å²) in [4.78, 5) is 11.0. The van der Waals surface area contributed by atoms with E-state index in [1.165, 1.54) is 0 Å². The summed E-state index contributed by atoms with van der Waals surface area (Å²) < 4.78 is 12.0. The van der Waals surface area contributed by atoms with E-state index in [1.807, 2.05) is 49.4 Å². The van der Waals surface area contributed by atoms with Crippen molar-refractivity contribution >= 4 is 23.0 Å². The largest absolute Gasteiger partial charge is 0.490 e. The number of non-ortho nitro benzene ring substituents is 1. The number of nitrogens with one attached hydrogen (secondary N) is 1. The Bertz CT molecular complexity index is 1260. The second-order valence-corrected chi connectivity index (χ2v) is 9.00. The van der Waals surface area contributed by atoms with Crippen LogP contribution in [0.2, 0.25) is 5.02 Å². The fraction of sp³-hybridized carbons (Fsp3) is 0.259. The van der Waals surface area contributed by atoms with Gasteiger partial charge in [-0.15, -0.1) is 0 Å². The molecular formula is C27H25ClN2O4. The normalized spacial score (nSPS) is 20.2. The molecule has 0 bridgehead atoms. The van der Waals surface area contributed by atoms with Crippen LogP contribution in [0.25, 0.3) is 0 Å². The molecule has 0 saturated heterocycles. The molecule has 0 amide bonds. The minimum atomic E-state index is -0.337. The molecule has 5 rings (SSSR count). The first kappa shape index (κ1) is 22.3. The van der Waals surface area contributed by atoms with Crippen LogP contribution in [-0.2, 0) is 6.61 Å². The van der Waals surface area contributed by atoms with Crippen LogP contribution in [-0.4, -0.2) is 11.5 Å². The molecule has 0 spiro atoms. The predicted octanol–water partition coefficient (Wildman–Crippen LogP) is 7.05. The van der Waals surface area contributed by atoms with Gasteiger partial charge in [0.05, 0.1) is 17.6 Å². The van der Waals surface area contributed by atoms with Gasteiger partial charge in [0.2, 0.25) is 0 Å². The Morgan fingerprint density at radius 2 is 1.97 bits per heavy atom. The van der Waals surface area contributed by atoms with Crippen molar-refractivity contribution in [3.05, 3.63) is 105 Å². The molecule has 34 heavy (non-hydrogen) atoms. The highest BCUT2D eigenvalue weighted by Crippen LogP contribution is 2.51. The van der Waals surface area contributed by atoms with E-state index in [0.717, 1.165) is 28.8 Å². The molecule has 1 N–H and O–H groups in total. The molecule has 6 nitrogen and oxygen atoms in total. The predicted molar refractivity (Wildman–Crippen MR) is 133 cm³/mol. The van der Waals surface area contributed by atoms with Crippen LogP contribution in [0.4, 0.5) is 11.4 Å². The summed E-state index contributed by atoms with van der Waals surface area (Å²) in [6, 6.07) is 18.8. The number of fused-ring (bicyclic) bond motifs is 3. The maximum atomic E-state index is 11.3. The molecule has 0 aromatic heterocycles. The Hall–Kier alpha value is -3.51. The molecule has 3 aromatic rings. The zero-order chi connectivity index (χ0) is 23.7. The van der Waals surface area contributed by atoms with Gasteiger partial charge in [0.25, 0.3) is 5.69 Å². The van der Waals surface area contributed by atoms with Crippen LogP contribution in [0.3, 0.4) is 0 Å². The van der Waals surface area contributed by atoms with Crippen molar-refractivity contribution in [3.8, 4) is 11.5 Å². The van der Waals surface area contributed by atoms with Crippen molar-refractivity contribution in [2.75, 3.05) is 11.9 Å². The molecule has 0 saturated carbocycles. The third kappa shape index (κ3) is 4.33. The van der Waals surface area contributed by atoms with Crippen LogP contribution < -0.4 is 14.8 Å². The highest BCUT2D eigenvalue weighted by molar-refractivity contribution is 6.30. The number of hydrogen-bond donors (Lipinski definition) is 1. The quantitative estimate of drug-likeness (QED) is 0.224. The van der Waals surface area contributed by atoms with Gasteiger partial charge in [0, 0.05) is 28.8 Å². The highest BCUT2D eigenvalue weighted by Gasteiger charge is 2.38. The summed E-state index contributed by atoms with van der Waals surface area (Å²) in [5, 5.41) is 15.6. The van der Waals surface area contributed by atoms with Crippen molar-refractivity contribution < 1.29 is 14.4 Å². The van der Waals surface area contributed by atoms with Crippen molar-refractivity contribution in [1.82, 2.24) is 0 Å². The number of nitro benzene ring substituents is 1. The van der Waals surface area contributed by atoms with Gasteiger partial charge in [-0.25, -0.2) is 0 Å². The minimum absolute atomic E-state index is 0.0511. The van der Waals surface area contributed by atoms with Gasteiger partial charge in [0.15, 0.2) is 11.5 Å². The zero-order valence-corrected chi connectivity index (χ0v) is 19.5. The first-order valence-electron chi connectivity index (χ1n) is 11.4. The Labute approximate surface area is 203 Å². The lowest BCUT2D eigenvalue weighted by atomic mass is 9.77. The molecular weight excluding hydrogens is 452 g/mol. The molecule has 1 aliphatic carbocycles. The maximum absolute atomic E-state index is 11.3. The fourth-order valence-corrected chi connectivity index (χ4v) is 5.13. The number of allylic oxidation sites excluding steroid dienone is 2. The summed E-state index contributed by atoms with van der Waals surface area (Å²) in [7, 11) is 0. The molecule has 3 aromatic carbocycles. The number of ether oxygens (including phenoxy) is 2. The highest BCUT2D eigenvalue weighted by atomic mass is 35.5. The lowest BCUT2D eigenvalue weighted by molar-refractivity contribution is -0.384. The first-order valence-corrected chi connectivity index (χ1v) is 11.8. The number of benzene rings is 3. The first-order chi connectivity index (χ1) is 16.5. The average Bonchev–Trinajstić information content (AvgIpc) is 3.33. The van der Waals surface area contributed by atoms with E-state index in [1.54, 1.807) is 12.1 Å². The monoisotopic (exact) mass is 476 g/mol. The van der Waals surface area contributed by atoms with Gasteiger partial charge in [-0.1, -0.05) is 42.0 Å². The SMILES string of the molecule is CCOc1cc([C@@H]2Nc3ccc([N+](=O)[O-])cc3[C@@H]3C=CC[C@@H]32)ccc1OCc1cccc(Cl)c1. The Morgan fingerprint density at radius 1 is 1.09 bits per heavy atom. The molecule has 1 heterocycles. The van der Waals surface area contributed by atoms with E-state index < -0.39 is 0 Å². The second kappa shape index (κ2) is 9.39. The maximum Gasteiger partial charge on any atom is 0.269 e. The topological polar surface area (TPSA) is 73.6 Å². The standard InChI is InChI=1S/C27H25ClN2O4/c1-2-33-26-14-18(9-12-25(26)34-16-17-5-3-6-19(28)13-17)27-22-8-4-7-21(22)23-15-20(30(31)32)10-11-24(23)29-27/h3-7,9-15,21-22,27,29H,2,8,16H2,1H3/t21-,22+,27+/m1/s1. The third-order valence-electron chi connectivity index (χ3n) is 6.47. The lowest BCUT2D eigenvalue weighted by Crippen LogP contribution is -2.29. The van der Waals surface area contributed by atoms with E-state index in [0.29, 0.717) is 29.7 Å². The van der Waals surface area contributed by atoms with Gasteiger partial charge in [0.1, 0.15) is 6.61 Å². The zero-order valence-electron chi connectivity index (χ0n) is 18.7. The number of nitrogens with zero attached hydrogens (tertiary/aromatic N) is 1. The van der Waals surface area contributed by atoms with Crippen LogP contribution in [0.15, 0.2) is 72.8 Å². The number of rotatable bonds is 7. The average molecular weight is 477 g/mol. The van der Waals surface area contributed by atoms with E-state index in [-0.39, 0.29) is 28.5 Å². The molecule has 1 aliphatic heterocycles. The third-order valence-corrected chi connectivity index (χ3v) is 6.70. The molecule has 0 radical (unpaired) electrons. The Balaban J connectivity index is 1.43. The summed E-state index contributed by atoms with van der Waals surface area (Å²) in [6.07, 6.45) is 5.25. The van der Waals surface area contributed by atoms with E-state index in [2.05, 4.69) is 23.5 Å². The number of nitro groups is 1. The molecule has 0 unspecified atom stereocenters. The number of halogens is 1. The summed E-state index contributed by atoms with van der Waals surface area (Å²) in [6.45, 7) is 2.87. The number of anilines is 1. The molecule has 7 heteroatoms. The minimum Gasteiger partial charge on any atom is -0.490 e. The molecule has 3 atom stereocenters. The Kier molecular flexibility index (Phi) is 6.16.